The normalized spacial score (nSPS) is 11.6. The zero-order valence-corrected chi connectivity index (χ0v) is 26.0. The van der Waals surface area contributed by atoms with Crippen LogP contribution in [0.2, 0.25) is 0 Å². The average Bonchev–Trinajstić information content (AvgIpc) is 3.69. The van der Waals surface area contributed by atoms with Crippen LogP contribution in [0.15, 0.2) is 164 Å². The highest BCUT2D eigenvalue weighted by Crippen LogP contribution is 2.53. The molecule has 0 N–H and O–H groups in total. The van der Waals surface area contributed by atoms with Crippen LogP contribution in [0, 0.1) is 0 Å². The highest BCUT2D eigenvalue weighted by Gasteiger charge is 2.26. The molecule has 0 bridgehead atoms. The van der Waals surface area contributed by atoms with E-state index in [1.54, 1.807) is 0 Å². The van der Waals surface area contributed by atoms with E-state index in [4.69, 9.17) is 0 Å². The lowest BCUT2D eigenvalue weighted by molar-refractivity contribution is 1.32. The molecule has 0 aliphatic rings. The molecule has 0 aliphatic heterocycles. The van der Waals surface area contributed by atoms with Gasteiger partial charge in [0, 0.05) is 46.8 Å². The molecule has 0 fully saturated rings. The number of fused-ring (bicyclic) bond motifs is 6. The number of para-hydroxylation sites is 1. The van der Waals surface area contributed by atoms with Crippen LogP contribution >= 0.6 is 22.7 Å². The van der Waals surface area contributed by atoms with E-state index in [1.165, 1.54) is 74.0 Å². The number of hydrogen-bond acceptors (Lipinski definition) is 3. The quantitative estimate of drug-likeness (QED) is 0.188. The van der Waals surface area contributed by atoms with E-state index in [0.29, 0.717) is 0 Å². The van der Waals surface area contributed by atoms with E-state index in [1.807, 2.05) is 22.7 Å². The molecule has 0 spiro atoms. The average molecular weight is 610 g/mol. The fraction of sp³-hybridized carbons (Fsp3) is 0. The molecule has 0 radical (unpaired) electrons. The van der Waals surface area contributed by atoms with Crippen molar-refractivity contribution in [1.82, 2.24) is 0 Å². The summed E-state index contributed by atoms with van der Waals surface area (Å²) in [4.78, 5) is 2.56. The Morgan fingerprint density at radius 3 is 1.71 bits per heavy atom. The van der Waals surface area contributed by atoms with Crippen LogP contribution < -0.4 is 4.90 Å². The van der Waals surface area contributed by atoms with Crippen molar-refractivity contribution in [2.24, 2.45) is 0 Å². The molecule has 7 aromatic carbocycles. The van der Waals surface area contributed by atoms with E-state index >= 15 is 0 Å². The van der Waals surface area contributed by atoms with Crippen LogP contribution in [-0.2, 0) is 0 Å². The Kier molecular flexibility index (Phi) is 6.26. The highest BCUT2D eigenvalue weighted by atomic mass is 32.1. The van der Waals surface area contributed by atoms with Crippen molar-refractivity contribution >= 4 is 80.1 Å². The first-order valence-corrected chi connectivity index (χ1v) is 16.8. The minimum atomic E-state index is 1.16. The third kappa shape index (κ3) is 4.27. The third-order valence-corrected chi connectivity index (χ3v) is 11.0. The number of nitrogens with zero attached hydrogens (tertiary/aromatic N) is 1. The third-order valence-electron chi connectivity index (χ3n) is 8.68. The summed E-state index contributed by atoms with van der Waals surface area (Å²) in [6.45, 7) is 0. The molecule has 212 valence electrons. The van der Waals surface area contributed by atoms with Gasteiger partial charge < -0.3 is 4.90 Å². The molecule has 45 heavy (non-hydrogen) atoms. The molecule has 0 amide bonds. The zero-order chi connectivity index (χ0) is 29.7. The fourth-order valence-corrected chi connectivity index (χ4v) is 9.06. The zero-order valence-electron chi connectivity index (χ0n) is 24.4. The van der Waals surface area contributed by atoms with Gasteiger partial charge in [-0.25, -0.2) is 0 Å². The second kappa shape index (κ2) is 10.7. The summed E-state index contributed by atoms with van der Waals surface area (Å²) in [7, 11) is 0. The van der Waals surface area contributed by atoms with Gasteiger partial charge in [0.1, 0.15) is 0 Å². The molecule has 2 aromatic heterocycles. The largest absolute Gasteiger partial charge is 0.307 e. The molecule has 0 unspecified atom stereocenters. The van der Waals surface area contributed by atoms with Crippen molar-refractivity contribution < 1.29 is 0 Å². The van der Waals surface area contributed by atoms with Crippen LogP contribution in [0.1, 0.15) is 0 Å². The predicted octanol–water partition coefficient (Wildman–Crippen LogP) is 13.2. The monoisotopic (exact) mass is 609 g/mol. The maximum atomic E-state index is 2.56. The summed E-state index contributed by atoms with van der Waals surface area (Å²) in [5.41, 5.74) is 8.39. The van der Waals surface area contributed by atoms with E-state index in [0.717, 1.165) is 5.69 Å². The van der Waals surface area contributed by atoms with Gasteiger partial charge in [0.15, 0.2) is 0 Å². The van der Waals surface area contributed by atoms with E-state index in [-0.39, 0.29) is 0 Å². The second-order valence-corrected chi connectivity index (χ2v) is 13.4. The first-order valence-electron chi connectivity index (χ1n) is 15.2. The molecule has 2 heterocycles. The fourth-order valence-electron chi connectivity index (χ4n) is 6.69. The highest BCUT2D eigenvalue weighted by molar-refractivity contribution is 7.26. The summed E-state index contributed by atoms with van der Waals surface area (Å²) in [6.07, 6.45) is 0. The van der Waals surface area contributed by atoms with Crippen molar-refractivity contribution in [2.75, 3.05) is 4.90 Å². The van der Waals surface area contributed by atoms with Crippen molar-refractivity contribution in [3.8, 4) is 22.3 Å². The Bertz CT molecular complexity index is 2490. The minimum Gasteiger partial charge on any atom is -0.307 e. The summed E-state index contributed by atoms with van der Waals surface area (Å²) < 4.78 is 5.19. The van der Waals surface area contributed by atoms with Gasteiger partial charge >= 0.3 is 0 Å². The molecular weight excluding hydrogens is 583 g/mol. The Balaban J connectivity index is 1.48. The lowest BCUT2D eigenvalue weighted by atomic mass is 9.97. The predicted molar refractivity (Wildman–Crippen MR) is 198 cm³/mol. The van der Waals surface area contributed by atoms with E-state index in [9.17, 15) is 0 Å². The van der Waals surface area contributed by atoms with Crippen LogP contribution in [-0.4, -0.2) is 0 Å². The second-order valence-electron chi connectivity index (χ2n) is 11.3. The molecule has 0 saturated carbocycles. The molecule has 0 saturated heterocycles. The molecule has 0 atom stereocenters. The SMILES string of the molecule is c1ccc(-c2ccccc2N(c2c(-c3ccccc3)ccc3c2sc2ccccc23)c2cccc3sc4ccccc4c23)cc1. The van der Waals surface area contributed by atoms with Gasteiger partial charge in [0.25, 0.3) is 0 Å². The van der Waals surface area contributed by atoms with Crippen molar-refractivity contribution in [2.45, 2.75) is 0 Å². The Hall–Kier alpha value is -5.22. The molecule has 9 rings (SSSR count). The molecule has 1 nitrogen and oxygen atoms in total. The van der Waals surface area contributed by atoms with Gasteiger partial charge in [-0.2, -0.15) is 0 Å². The Labute approximate surface area is 269 Å². The summed E-state index contributed by atoms with van der Waals surface area (Å²) in [6, 6.07) is 59.6. The summed E-state index contributed by atoms with van der Waals surface area (Å²) in [5.74, 6) is 0. The van der Waals surface area contributed by atoms with Crippen molar-refractivity contribution in [1.29, 1.82) is 0 Å². The van der Waals surface area contributed by atoms with Crippen LogP contribution in [0.25, 0.3) is 62.6 Å². The maximum Gasteiger partial charge on any atom is 0.0719 e. The standard InChI is InChI=1S/C42H27NS2/c1-3-14-28(15-4-1)30-18-7-10-21-35(30)43(36-22-13-25-39-40(36)34-20-9-12-24-38(34)44-39)41-31(29-16-5-2-6-17-29)26-27-33-32-19-8-11-23-37(32)45-42(33)41/h1-27H. The maximum absolute atomic E-state index is 2.56. The van der Waals surface area contributed by atoms with E-state index in [2.05, 4.69) is 169 Å². The van der Waals surface area contributed by atoms with Gasteiger partial charge in [-0.3, -0.25) is 0 Å². The number of thiophene rings is 2. The summed E-state index contributed by atoms with van der Waals surface area (Å²) >= 11 is 3.76. The number of benzene rings is 7. The molecule has 9 aromatic rings. The van der Waals surface area contributed by atoms with Crippen molar-refractivity contribution in [3.63, 3.8) is 0 Å². The van der Waals surface area contributed by atoms with Gasteiger partial charge in [-0.1, -0.05) is 133 Å². The number of hydrogen-bond donors (Lipinski definition) is 0. The van der Waals surface area contributed by atoms with Gasteiger partial charge in [-0.15, -0.1) is 22.7 Å². The van der Waals surface area contributed by atoms with Crippen LogP contribution in [0.4, 0.5) is 17.1 Å². The molecular formula is C42H27NS2. The van der Waals surface area contributed by atoms with Crippen LogP contribution in [0.5, 0.6) is 0 Å². The van der Waals surface area contributed by atoms with Gasteiger partial charge in [0.2, 0.25) is 0 Å². The smallest absolute Gasteiger partial charge is 0.0719 e. The molecule has 0 aliphatic carbocycles. The van der Waals surface area contributed by atoms with Crippen molar-refractivity contribution in [3.05, 3.63) is 164 Å². The lowest BCUT2D eigenvalue weighted by Crippen LogP contribution is -2.13. The first kappa shape index (κ1) is 26.2. The lowest BCUT2D eigenvalue weighted by Gasteiger charge is -2.31. The first-order chi connectivity index (χ1) is 22.3. The summed E-state index contributed by atoms with van der Waals surface area (Å²) in [5, 5.41) is 5.17. The Morgan fingerprint density at radius 1 is 0.356 bits per heavy atom. The number of rotatable bonds is 5. The molecule has 3 heteroatoms. The van der Waals surface area contributed by atoms with Gasteiger partial charge in [-0.05, 0) is 41.5 Å². The van der Waals surface area contributed by atoms with Crippen LogP contribution in [0.3, 0.4) is 0 Å². The minimum absolute atomic E-state index is 1.16. The Morgan fingerprint density at radius 2 is 0.933 bits per heavy atom. The van der Waals surface area contributed by atoms with Gasteiger partial charge in [0.05, 0.1) is 21.8 Å². The topological polar surface area (TPSA) is 3.24 Å². The van der Waals surface area contributed by atoms with E-state index < -0.39 is 0 Å². The number of anilines is 3.